The lowest BCUT2D eigenvalue weighted by atomic mass is 9.74. The highest BCUT2D eigenvalue weighted by Crippen LogP contribution is 2.45. The Morgan fingerprint density at radius 3 is 2.46 bits per heavy atom. The number of nitrogens with zero attached hydrogens (tertiary/aromatic N) is 4. The number of piperazine rings is 1. The van der Waals surface area contributed by atoms with E-state index in [4.69, 9.17) is 14.4 Å². The van der Waals surface area contributed by atoms with Crippen molar-refractivity contribution in [3.63, 3.8) is 0 Å². The van der Waals surface area contributed by atoms with Crippen molar-refractivity contribution in [1.29, 1.82) is 0 Å². The van der Waals surface area contributed by atoms with E-state index in [1.54, 1.807) is 11.8 Å². The van der Waals surface area contributed by atoms with Gasteiger partial charge < -0.3 is 14.2 Å². The topological polar surface area (TPSA) is 41.5 Å². The van der Waals surface area contributed by atoms with Crippen LogP contribution in [0.4, 0.5) is 5.82 Å². The average molecular weight is 563 g/mol. The van der Waals surface area contributed by atoms with E-state index in [1.807, 2.05) is 0 Å². The third-order valence-corrected chi connectivity index (χ3v) is 14.3. The second-order valence-electron chi connectivity index (χ2n) is 13.4. The first kappa shape index (κ1) is 28.4. The van der Waals surface area contributed by atoms with E-state index in [2.05, 4.69) is 107 Å². The summed E-state index contributed by atoms with van der Waals surface area (Å²) in [4.78, 5) is 15.2. The van der Waals surface area contributed by atoms with Gasteiger partial charge in [-0.15, -0.1) is 0 Å². The highest BCUT2D eigenvalue weighted by Gasteiger charge is 2.40. The fraction of sp³-hybridized carbons (Fsp3) is 0.562. The Balaban J connectivity index is 1.57. The van der Waals surface area contributed by atoms with Gasteiger partial charge in [0.25, 0.3) is 0 Å². The lowest BCUT2D eigenvalue weighted by Crippen LogP contribution is -2.51. The van der Waals surface area contributed by atoms with Crippen LogP contribution in [0.3, 0.4) is 0 Å². The van der Waals surface area contributed by atoms with Crippen LogP contribution in [-0.2, 0) is 12.8 Å². The summed E-state index contributed by atoms with van der Waals surface area (Å²) in [6, 6.07) is 13.9. The Bertz CT molecular complexity index is 1350. The molecule has 5 rings (SSSR count). The van der Waals surface area contributed by atoms with Crippen molar-refractivity contribution in [3.05, 3.63) is 53.2 Å². The molecule has 3 atom stereocenters. The maximum Gasteiger partial charge on any atom is 0.250 e. The van der Waals surface area contributed by atoms with Crippen molar-refractivity contribution >= 4 is 36.7 Å². The van der Waals surface area contributed by atoms with Gasteiger partial charge in [-0.05, 0) is 91.5 Å². The van der Waals surface area contributed by atoms with Crippen LogP contribution < -0.4 is 9.33 Å². The molecule has 2 aliphatic rings. The molecule has 0 spiro atoms. The number of hydrogen-bond donors (Lipinski definition) is 0. The molecule has 2 unspecified atom stereocenters. The van der Waals surface area contributed by atoms with Gasteiger partial charge in [-0.1, -0.05) is 63.7 Å². The Hall–Kier alpha value is -2.09. The van der Waals surface area contributed by atoms with Crippen molar-refractivity contribution in [1.82, 2.24) is 14.9 Å². The molecule has 1 saturated heterocycles. The normalized spacial score (nSPS) is 22.7. The molecule has 0 bridgehead atoms. The molecule has 2 heterocycles. The second kappa shape index (κ2) is 10.7. The molecule has 7 heteroatoms. The summed E-state index contributed by atoms with van der Waals surface area (Å²) in [5.74, 6) is 3.06. The molecule has 1 aliphatic carbocycles. The molecule has 1 fully saturated rings. The van der Waals surface area contributed by atoms with E-state index >= 15 is 0 Å². The first-order chi connectivity index (χ1) is 18.4. The van der Waals surface area contributed by atoms with Crippen LogP contribution >= 0.6 is 11.8 Å². The minimum atomic E-state index is -1.96. The van der Waals surface area contributed by atoms with Crippen molar-refractivity contribution in [2.24, 2.45) is 5.92 Å². The summed E-state index contributed by atoms with van der Waals surface area (Å²) < 4.78 is 6.87. The van der Waals surface area contributed by atoms with Crippen LogP contribution in [0.25, 0.3) is 10.8 Å². The SMILES string of the molecule is CSc1nc2c(c(N3CCN(C)C[C@@H]3C)n1)CC(C)C(c1cc(O[Si](C)(C)C(C)(C)C)cc3ccccc13)C2. The molecular weight excluding hydrogens is 517 g/mol. The lowest BCUT2D eigenvalue weighted by molar-refractivity contribution is 0.273. The van der Waals surface area contributed by atoms with Crippen LogP contribution in [0.15, 0.2) is 41.6 Å². The molecule has 210 valence electrons. The Kier molecular flexibility index (Phi) is 7.81. The smallest absolute Gasteiger partial charge is 0.250 e. The predicted molar refractivity (Wildman–Crippen MR) is 169 cm³/mol. The second-order valence-corrected chi connectivity index (χ2v) is 18.8. The zero-order valence-electron chi connectivity index (χ0n) is 25.3. The van der Waals surface area contributed by atoms with Crippen LogP contribution in [-0.4, -0.2) is 62.2 Å². The van der Waals surface area contributed by atoms with E-state index in [0.29, 0.717) is 17.9 Å². The maximum absolute atomic E-state index is 6.87. The average Bonchev–Trinajstić information content (AvgIpc) is 2.86. The minimum absolute atomic E-state index is 0.151. The van der Waals surface area contributed by atoms with Gasteiger partial charge in [-0.3, -0.25) is 0 Å². The number of rotatable bonds is 5. The molecule has 0 saturated carbocycles. The van der Waals surface area contributed by atoms with E-state index in [0.717, 1.165) is 43.4 Å². The summed E-state index contributed by atoms with van der Waals surface area (Å²) in [7, 11) is 0.256. The highest BCUT2D eigenvalue weighted by molar-refractivity contribution is 7.98. The largest absolute Gasteiger partial charge is 0.543 e. The minimum Gasteiger partial charge on any atom is -0.543 e. The molecule has 5 nitrogen and oxygen atoms in total. The third-order valence-electron chi connectivity index (χ3n) is 9.41. The molecule has 1 aromatic heterocycles. The van der Waals surface area contributed by atoms with Crippen LogP contribution in [0, 0.1) is 5.92 Å². The van der Waals surface area contributed by atoms with Crippen molar-refractivity contribution in [3.8, 4) is 5.75 Å². The van der Waals surface area contributed by atoms with Gasteiger partial charge >= 0.3 is 0 Å². The van der Waals surface area contributed by atoms with Crippen molar-refractivity contribution < 1.29 is 4.43 Å². The van der Waals surface area contributed by atoms with Crippen molar-refractivity contribution in [2.45, 2.75) is 82.7 Å². The monoisotopic (exact) mass is 562 g/mol. The lowest BCUT2D eigenvalue weighted by Gasteiger charge is -2.41. The van der Waals surface area contributed by atoms with Crippen molar-refractivity contribution in [2.75, 3.05) is 37.8 Å². The van der Waals surface area contributed by atoms with Crippen LogP contribution in [0.5, 0.6) is 5.75 Å². The first-order valence-corrected chi connectivity index (χ1v) is 18.6. The zero-order valence-corrected chi connectivity index (χ0v) is 27.2. The van der Waals surface area contributed by atoms with Gasteiger partial charge in [0.1, 0.15) is 11.6 Å². The molecule has 39 heavy (non-hydrogen) atoms. The number of fused-ring (bicyclic) bond motifs is 2. The fourth-order valence-corrected chi connectivity index (χ4v) is 7.46. The molecule has 0 amide bonds. The van der Waals surface area contributed by atoms with Gasteiger partial charge in [0.15, 0.2) is 5.16 Å². The Labute approximate surface area is 240 Å². The Morgan fingerprint density at radius 2 is 1.77 bits per heavy atom. The number of hydrogen-bond acceptors (Lipinski definition) is 6. The summed E-state index contributed by atoms with van der Waals surface area (Å²) in [5.41, 5.74) is 4.00. The van der Waals surface area contributed by atoms with Gasteiger partial charge in [-0.2, -0.15) is 0 Å². The summed E-state index contributed by atoms with van der Waals surface area (Å²) in [5, 5.41) is 3.65. The van der Waals surface area contributed by atoms with E-state index in [-0.39, 0.29) is 5.04 Å². The number of anilines is 1. The van der Waals surface area contributed by atoms with E-state index in [1.165, 1.54) is 33.4 Å². The van der Waals surface area contributed by atoms with Gasteiger partial charge in [0.2, 0.25) is 8.32 Å². The molecular formula is C32H46N4OSSi. The number of thioether (sulfide) groups is 1. The van der Waals surface area contributed by atoms with Crippen LogP contribution in [0.1, 0.15) is 57.4 Å². The summed E-state index contributed by atoms with van der Waals surface area (Å²) >= 11 is 1.66. The summed E-state index contributed by atoms with van der Waals surface area (Å²) in [6.07, 6.45) is 4.04. The molecule has 0 radical (unpaired) electrons. The molecule has 3 aromatic rings. The third kappa shape index (κ3) is 5.59. The standard InChI is InChI=1S/C32H46N4OSSi/c1-21-16-28-29(33-31(38-7)34-30(28)36-15-14-35(6)20-22(36)2)19-26(21)27-18-24(37-39(8,9)32(3,4)5)17-23-12-10-11-13-25(23)27/h10-13,17-18,21-22,26H,14-16,19-20H2,1-9H3/t21?,22-,26?/m0/s1. The maximum atomic E-state index is 6.87. The van der Waals surface area contributed by atoms with E-state index in [9.17, 15) is 0 Å². The number of likely N-dealkylation sites (N-methyl/N-ethyl adjacent to an activating group) is 1. The summed E-state index contributed by atoms with van der Waals surface area (Å²) in [6.45, 7) is 19.5. The quantitative estimate of drug-likeness (QED) is 0.183. The van der Waals surface area contributed by atoms with Crippen LogP contribution in [0.2, 0.25) is 18.1 Å². The Morgan fingerprint density at radius 1 is 1.03 bits per heavy atom. The van der Waals surface area contributed by atoms with Gasteiger partial charge in [-0.25, -0.2) is 9.97 Å². The fourth-order valence-electron chi connectivity index (χ4n) is 6.07. The number of aromatic nitrogens is 2. The molecule has 0 N–H and O–H groups in total. The first-order valence-electron chi connectivity index (χ1n) is 14.5. The number of benzene rings is 2. The molecule has 2 aromatic carbocycles. The molecule has 1 aliphatic heterocycles. The highest BCUT2D eigenvalue weighted by atomic mass is 32.2. The predicted octanol–water partition coefficient (Wildman–Crippen LogP) is 7.39. The zero-order chi connectivity index (χ0) is 28.1. The van der Waals surface area contributed by atoms with Gasteiger partial charge in [0, 0.05) is 31.2 Å². The van der Waals surface area contributed by atoms with Gasteiger partial charge in [0.05, 0.1) is 5.69 Å². The van der Waals surface area contributed by atoms with E-state index < -0.39 is 8.32 Å².